The van der Waals surface area contributed by atoms with Crippen molar-refractivity contribution in [2.75, 3.05) is 26.7 Å². The topological polar surface area (TPSA) is 98.5 Å². The highest BCUT2D eigenvalue weighted by Gasteiger charge is 2.28. The molecule has 1 aliphatic heterocycles. The van der Waals surface area contributed by atoms with E-state index >= 15 is 0 Å². The number of H-pyrrole nitrogens is 2. The quantitative estimate of drug-likeness (QED) is 0.844. The third-order valence-electron chi connectivity index (χ3n) is 4.99. The van der Waals surface area contributed by atoms with Crippen molar-refractivity contribution in [2.24, 2.45) is 5.92 Å². The summed E-state index contributed by atoms with van der Waals surface area (Å²) in [6.07, 6.45) is 4.49. The Hall–Kier alpha value is -2.77. The van der Waals surface area contributed by atoms with E-state index in [0.717, 1.165) is 12.8 Å². The van der Waals surface area contributed by atoms with Crippen molar-refractivity contribution in [2.45, 2.75) is 39.2 Å². The summed E-state index contributed by atoms with van der Waals surface area (Å²) in [5.74, 6) is 0.188. The van der Waals surface area contributed by atoms with Crippen LogP contribution in [0.3, 0.4) is 0 Å². The fourth-order valence-corrected chi connectivity index (χ4v) is 3.55. The van der Waals surface area contributed by atoms with Crippen LogP contribution in [-0.4, -0.2) is 64.1 Å². The molecule has 3 heterocycles. The number of pyridine rings is 1. The SMILES string of the molecule is CN(CC1CCN(C(=O)OC(C)(C)C)CC1)C(=O)c1c[nH]c(=O)c2[nH]ccc12. The molecule has 8 heteroatoms. The Balaban J connectivity index is 1.58. The second-order valence-corrected chi connectivity index (χ2v) is 8.39. The predicted molar refractivity (Wildman–Crippen MR) is 106 cm³/mol. The highest BCUT2D eigenvalue weighted by Crippen LogP contribution is 2.22. The van der Waals surface area contributed by atoms with Crippen molar-refractivity contribution in [1.29, 1.82) is 0 Å². The van der Waals surface area contributed by atoms with Crippen LogP contribution >= 0.6 is 0 Å². The Morgan fingerprint density at radius 2 is 1.93 bits per heavy atom. The molecule has 0 spiro atoms. The first-order chi connectivity index (χ1) is 13.2. The summed E-state index contributed by atoms with van der Waals surface area (Å²) in [6.45, 7) is 7.43. The van der Waals surface area contributed by atoms with Gasteiger partial charge in [0.25, 0.3) is 11.5 Å². The lowest BCUT2D eigenvalue weighted by molar-refractivity contribution is 0.0171. The van der Waals surface area contributed by atoms with E-state index in [1.54, 1.807) is 29.1 Å². The third kappa shape index (κ3) is 4.37. The smallest absolute Gasteiger partial charge is 0.410 e. The molecule has 0 unspecified atom stereocenters. The van der Waals surface area contributed by atoms with Crippen LogP contribution in [0, 0.1) is 5.92 Å². The minimum atomic E-state index is -0.499. The number of hydrogen-bond donors (Lipinski definition) is 2. The number of nitrogens with one attached hydrogen (secondary N) is 2. The second-order valence-electron chi connectivity index (χ2n) is 8.39. The fraction of sp³-hybridized carbons (Fsp3) is 0.550. The summed E-state index contributed by atoms with van der Waals surface area (Å²) in [7, 11) is 1.77. The first-order valence-electron chi connectivity index (χ1n) is 9.58. The van der Waals surface area contributed by atoms with Crippen LogP contribution in [0.1, 0.15) is 44.0 Å². The van der Waals surface area contributed by atoms with Crippen molar-refractivity contribution in [1.82, 2.24) is 19.8 Å². The number of nitrogens with zero attached hydrogens (tertiary/aromatic N) is 2. The van der Waals surface area contributed by atoms with E-state index in [1.165, 1.54) is 6.20 Å². The molecule has 1 saturated heterocycles. The van der Waals surface area contributed by atoms with Gasteiger partial charge in [0.05, 0.1) is 5.56 Å². The summed E-state index contributed by atoms with van der Waals surface area (Å²) in [4.78, 5) is 45.8. The number of carbonyl (C=O) groups excluding carboxylic acids is 2. The average Bonchev–Trinajstić information content (AvgIpc) is 3.11. The van der Waals surface area contributed by atoms with Gasteiger partial charge in [-0.15, -0.1) is 0 Å². The largest absolute Gasteiger partial charge is 0.444 e. The maximum Gasteiger partial charge on any atom is 0.410 e. The number of amides is 2. The number of aromatic amines is 2. The van der Waals surface area contributed by atoms with Crippen LogP contribution in [0.2, 0.25) is 0 Å². The lowest BCUT2D eigenvalue weighted by Crippen LogP contribution is -2.44. The molecule has 0 bridgehead atoms. The Labute approximate surface area is 163 Å². The molecule has 152 valence electrons. The van der Waals surface area contributed by atoms with E-state index in [-0.39, 0.29) is 17.6 Å². The summed E-state index contributed by atoms with van der Waals surface area (Å²) in [5.41, 5.74) is 0.143. The van der Waals surface area contributed by atoms with Gasteiger partial charge in [-0.25, -0.2) is 4.79 Å². The molecule has 3 rings (SSSR count). The summed E-state index contributed by atoms with van der Waals surface area (Å²) in [6, 6.07) is 1.74. The highest BCUT2D eigenvalue weighted by molar-refractivity contribution is 6.05. The van der Waals surface area contributed by atoms with Crippen LogP contribution in [0.25, 0.3) is 10.9 Å². The molecule has 0 radical (unpaired) electrons. The number of ether oxygens (including phenoxy) is 1. The maximum atomic E-state index is 12.9. The zero-order valence-electron chi connectivity index (χ0n) is 16.9. The Morgan fingerprint density at radius 3 is 2.57 bits per heavy atom. The zero-order chi connectivity index (χ0) is 20.5. The molecule has 8 nitrogen and oxygen atoms in total. The summed E-state index contributed by atoms with van der Waals surface area (Å²) >= 11 is 0. The van der Waals surface area contributed by atoms with E-state index in [1.807, 2.05) is 20.8 Å². The van der Waals surface area contributed by atoms with Crippen LogP contribution in [0.5, 0.6) is 0 Å². The number of aromatic nitrogens is 2. The van der Waals surface area contributed by atoms with Crippen LogP contribution in [0.4, 0.5) is 4.79 Å². The van der Waals surface area contributed by atoms with E-state index in [9.17, 15) is 14.4 Å². The van der Waals surface area contributed by atoms with Gasteiger partial charge in [0.2, 0.25) is 0 Å². The lowest BCUT2D eigenvalue weighted by atomic mass is 9.96. The minimum Gasteiger partial charge on any atom is -0.444 e. The molecule has 28 heavy (non-hydrogen) atoms. The number of rotatable bonds is 3. The van der Waals surface area contributed by atoms with E-state index in [2.05, 4.69) is 9.97 Å². The van der Waals surface area contributed by atoms with Gasteiger partial charge >= 0.3 is 6.09 Å². The number of likely N-dealkylation sites (tertiary alicyclic amines) is 1. The number of piperidine rings is 1. The molecular formula is C20H28N4O4. The lowest BCUT2D eigenvalue weighted by Gasteiger charge is -2.34. The zero-order valence-corrected chi connectivity index (χ0v) is 16.9. The first kappa shape index (κ1) is 20.0. The third-order valence-corrected chi connectivity index (χ3v) is 4.99. The number of fused-ring (bicyclic) bond motifs is 1. The fourth-order valence-electron chi connectivity index (χ4n) is 3.55. The number of carbonyl (C=O) groups is 2. The molecule has 2 N–H and O–H groups in total. The molecular weight excluding hydrogens is 360 g/mol. The molecule has 1 fully saturated rings. The van der Waals surface area contributed by atoms with Gasteiger partial charge in [-0.1, -0.05) is 0 Å². The predicted octanol–water partition coefficient (Wildman–Crippen LogP) is 2.58. The molecule has 2 amide bonds. The van der Waals surface area contributed by atoms with Crippen molar-refractivity contribution in [3.05, 3.63) is 34.4 Å². The summed E-state index contributed by atoms with van der Waals surface area (Å²) < 4.78 is 5.42. The first-order valence-corrected chi connectivity index (χ1v) is 9.58. The summed E-state index contributed by atoms with van der Waals surface area (Å²) in [5, 5.41) is 0.625. The monoisotopic (exact) mass is 388 g/mol. The van der Waals surface area contributed by atoms with Crippen molar-refractivity contribution in [3.8, 4) is 0 Å². The van der Waals surface area contributed by atoms with Gasteiger partial charge in [-0.05, 0) is 45.6 Å². The van der Waals surface area contributed by atoms with E-state index < -0.39 is 5.60 Å². The number of hydrogen-bond acceptors (Lipinski definition) is 4. The van der Waals surface area contributed by atoms with Gasteiger partial charge in [0.15, 0.2) is 0 Å². The van der Waals surface area contributed by atoms with E-state index in [4.69, 9.17) is 4.74 Å². The highest BCUT2D eigenvalue weighted by atomic mass is 16.6. The van der Waals surface area contributed by atoms with Gasteiger partial charge in [0.1, 0.15) is 11.1 Å². The molecule has 1 aliphatic rings. The van der Waals surface area contributed by atoms with Gasteiger partial charge in [0, 0.05) is 44.5 Å². The average molecular weight is 388 g/mol. The minimum absolute atomic E-state index is 0.129. The molecule has 0 aromatic carbocycles. The van der Waals surface area contributed by atoms with Crippen LogP contribution in [0.15, 0.2) is 23.3 Å². The Morgan fingerprint density at radius 1 is 1.25 bits per heavy atom. The second kappa shape index (κ2) is 7.69. The van der Waals surface area contributed by atoms with Crippen molar-refractivity contribution >= 4 is 22.9 Å². The molecule has 2 aromatic rings. The van der Waals surface area contributed by atoms with Crippen LogP contribution < -0.4 is 5.56 Å². The Bertz CT molecular complexity index is 916. The van der Waals surface area contributed by atoms with Crippen molar-refractivity contribution < 1.29 is 14.3 Å². The molecule has 0 atom stereocenters. The Kier molecular flexibility index (Phi) is 5.49. The maximum absolute atomic E-state index is 12.9. The van der Waals surface area contributed by atoms with Gasteiger partial charge in [-0.3, -0.25) is 9.59 Å². The molecule has 0 aliphatic carbocycles. The van der Waals surface area contributed by atoms with Gasteiger partial charge < -0.3 is 24.5 Å². The van der Waals surface area contributed by atoms with Gasteiger partial charge in [-0.2, -0.15) is 0 Å². The van der Waals surface area contributed by atoms with E-state index in [0.29, 0.717) is 42.0 Å². The standard InChI is InChI=1S/C20H28N4O4/c1-20(2,3)28-19(27)24-9-6-13(7-10-24)12-23(4)18(26)15-11-22-17(25)16-14(15)5-8-21-16/h5,8,11,13,21H,6-7,9-10,12H2,1-4H3,(H,22,25). The molecule has 0 saturated carbocycles. The van der Waals surface area contributed by atoms with Crippen LogP contribution in [-0.2, 0) is 4.74 Å². The normalized spacial score (nSPS) is 15.6. The van der Waals surface area contributed by atoms with Crippen molar-refractivity contribution in [3.63, 3.8) is 0 Å². The molecule has 2 aromatic heterocycles.